The molecule has 0 saturated heterocycles. The van der Waals surface area contributed by atoms with Gasteiger partial charge in [0.05, 0.1) is 16.5 Å². The van der Waals surface area contributed by atoms with Gasteiger partial charge in [-0.1, -0.05) is 71.8 Å². The predicted molar refractivity (Wildman–Crippen MR) is 146 cm³/mol. The van der Waals surface area contributed by atoms with Crippen LogP contribution in [0.4, 0.5) is 9.59 Å². The number of alkyl carbamates (subject to hydrolysis) is 2. The fourth-order valence-electron chi connectivity index (χ4n) is 2.46. The highest BCUT2D eigenvalue weighted by molar-refractivity contribution is 7.09. The van der Waals surface area contributed by atoms with Gasteiger partial charge < -0.3 is 20.1 Å². The van der Waals surface area contributed by atoms with E-state index in [1.165, 1.54) is 22.5 Å². The number of amides is 2. The number of carbonyl (C=O) groups is 2. The number of benzene rings is 2. The molecule has 0 spiro atoms. The van der Waals surface area contributed by atoms with Gasteiger partial charge in [0.15, 0.2) is 0 Å². The Balaban J connectivity index is 0. The number of thiazole rings is 1. The maximum Gasteiger partial charge on any atom is 0.407 e. The number of hydrogen-bond donors (Lipinski definition) is 2. The molecule has 0 radical (unpaired) electrons. The topological polar surface area (TPSA) is 89.6 Å². The Hall–Kier alpha value is -3.39. The highest BCUT2D eigenvalue weighted by Crippen LogP contribution is 2.06. The minimum absolute atomic E-state index is 0. The molecule has 2 aromatic carbocycles. The van der Waals surface area contributed by atoms with Crippen molar-refractivity contribution < 1.29 is 21.9 Å². The Labute approximate surface area is 215 Å². The SMILES string of the molecule is CC(C)OC(=O)NCCCCNC(=O)OCc1cncs1.Cc1ccccc1.Cc1ccccc1.[HH].[HH]. The van der Waals surface area contributed by atoms with Crippen LogP contribution in [0.3, 0.4) is 0 Å². The minimum atomic E-state index is -0.449. The summed E-state index contributed by atoms with van der Waals surface area (Å²) in [5.74, 6) is 0. The zero-order valence-corrected chi connectivity index (χ0v) is 21.8. The lowest BCUT2D eigenvalue weighted by atomic mass is 10.2. The number of unbranched alkanes of at least 4 members (excludes halogenated alkanes) is 1. The van der Waals surface area contributed by atoms with Gasteiger partial charge >= 0.3 is 12.2 Å². The molecular weight excluding hydrogens is 462 g/mol. The first-order chi connectivity index (χ1) is 16.9. The molecule has 1 heterocycles. The van der Waals surface area contributed by atoms with Gasteiger partial charge in [-0.25, -0.2) is 9.59 Å². The van der Waals surface area contributed by atoms with Crippen LogP contribution in [0.15, 0.2) is 72.4 Å². The zero-order chi connectivity index (χ0) is 25.7. The molecule has 35 heavy (non-hydrogen) atoms. The second-order valence-electron chi connectivity index (χ2n) is 7.87. The van der Waals surface area contributed by atoms with Crippen molar-refractivity contribution in [1.82, 2.24) is 15.6 Å². The Bertz CT molecular complexity index is 894. The van der Waals surface area contributed by atoms with E-state index in [2.05, 4.69) is 53.7 Å². The second-order valence-corrected chi connectivity index (χ2v) is 8.84. The van der Waals surface area contributed by atoms with Crippen molar-refractivity contribution in [3.63, 3.8) is 0 Å². The van der Waals surface area contributed by atoms with E-state index in [4.69, 9.17) is 9.47 Å². The Morgan fingerprint density at radius 1 is 0.886 bits per heavy atom. The standard InChI is InChI=1S/C13H21N3O4S.2C7H8.2H2/c1-10(2)20-13(18)16-6-4-3-5-15-12(17)19-8-11-7-14-9-21-11;2*1-7-5-3-2-4-6-7;;/h7,9-10H,3-6,8H2,1-2H3,(H,15,17)(H,16,18);2*2-6H,1H3;2*1H. The quantitative estimate of drug-likeness (QED) is 0.331. The van der Waals surface area contributed by atoms with Crippen LogP contribution >= 0.6 is 11.3 Å². The van der Waals surface area contributed by atoms with Crippen molar-refractivity contribution in [1.29, 1.82) is 0 Å². The maximum atomic E-state index is 11.4. The normalized spacial score (nSPS) is 9.63. The Morgan fingerprint density at radius 2 is 1.40 bits per heavy atom. The lowest BCUT2D eigenvalue weighted by Gasteiger charge is -2.09. The molecule has 0 aliphatic rings. The van der Waals surface area contributed by atoms with E-state index in [1.54, 1.807) is 25.6 Å². The van der Waals surface area contributed by atoms with Crippen molar-refractivity contribution in [2.75, 3.05) is 13.1 Å². The summed E-state index contributed by atoms with van der Waals surface area (Å²) in [6.07, 6.45) is 2.18. The molecule has 0 bridgehead atoms. The third-order valence-corrected chi connectivity index (χ3v) is 4.95. The molecule has 0 aliphatic carbocycles. The van der Waals surface area contributed by atoms with Crippen molar-refractivity contribution >= 4 is 23.5 Å². The molecule has 3 rings (SSSR count). The Morgan fingerprint density at radius 3 is 1.80 bits per heavy atom. The van der Waals surface area contributed by atoms with E-state index >= 15 is 0 Å². The van der Waals surface area contributed by atoms with Crippen LogP contribution in [0.5, 0.6) is 0 Å². The number of aromatic nitrogens is 1. The lowest BCUT2D eigenvalue weighted by Crippen LogP contribution is -2.29. The van der Waals surface area contributed by atoms with Gasteiger partial charge in [-0.2, -0.15) is 0 Å². The largest absolute Gasteiger partial charge is 0.447 e. The fourth-order valence-corrected chi connectivity index (χ4v) is 2.96. The number of carbonyl (C=O) groups excluding carboxylic acids is 2. The van der Waals surface area contributed by atoms with Crippen LogP contribution < -0.4 is 10.6 Å². The second kappa shape index (κ2) is 19.0. The first-order valence-corrected chi connectivity index (χ1v) is 12.5. The summed E-state index contributed by atoms with van der Waals surface area (Å²) in [7, 11) is 0. The summed E-state index contributed by atoms with van der Waals surface area (Å²) < 4.78 is 9.92. The van der Waals surface area contributed by atoms with Crippen molar-refractivity contribution in [2.45, 2.75) is 53.2 Å². The molecule has 194 valence electrons. The molecule has 8 heteroatoms. The number of nitrogens with zero attached hydrogens (tertiary/aromatic N) is 1. The van der Waals surface area contributed by atoms with Gasteiger partial charge in [0, 0.05) is 22.1 Å². The number of aryl methyl sites for hydroxylation is 2. The first kappa shape index (κ1) is 29.6. The predicted octanol–water partition coefficient (Wildman–Crippen LogP) is 6.77. The Kier molecular flexibility index (Phi) is 16.1. The van der Waals surface area contributed by atoms with Gasteiger partial charge in [-0.05, 0) is 40.5 Å². The number of nitrogens with one attached hydrogen (secondary N) is 2. The van der Waals surface area contributed by atoms with Gasteiger partial charge in [0.1, 0.15) is 6.61 Å². The smallest absolute Gasteiger partial charge is 0.407 e. The van der Waals surface area contributed by atoms with Crippen LogP contribution in [-0.2, 0) is 16.1 Å². The molecule has 0 saturated carbocycles. The van der Waals surface area contributed by atoms with Gasteiger partial charge in [-0.15, -0.1) is 11.3 Å². The molecule has 0 aliphatic heterocycles. The van der Waals surface area contributed by atoms with Crippen LogP contribution in [0.25, 0.3) is 0 Å². The summed E-state index contributed by atoms with van der Waals surface area (Å²) in [5, 5.41) is 5.28. The van der Waals surface area contributed by atoms with Crippen LogP contribution in [0, 0.1) is 13.8 Å². The highest BCUT2D eigenvalue weighted by atomic mass is 32.1. The van der Waals surface area contributed by atoms with E-state index in [-0.39, 0.29) is 15.6 Å². The molecular formula is C27H41N3O4S. The van der Waals surface area contributed by atoms with E-state index < -0.39 is 12.2 Å². The van der Waals surface area contributed by atoms with E-state index in [0.29, 0.717) is 13.1 Å². The van der Waals surface area contributed by atoms with Crippen molar-refractivity contribution in [3.05, 3.63) is 88.4 Å². The molecule has 7 nitrogen and oxygen atoms in total. The molecule has 3 aromatic rings. The fraction of sp³-hybridized carbons (Fsp3) is 0.370. The lowest BCUT2D eigenvalue weighted by molar-refractivity contribution is 0.115. The summed E-state index contributed by atoms with van der Waals surface area (Å²) in [5.41, 5.74) is 4.33. The molecule has 2 N–H and O–H groups in total. The molecule has 0 atom stereocenters. The first-order valence-electron chi connectivity index (χ1n) is 11.6. The summed E-state index contributed by atoms with van der Waals surface area (Å²) >= 11 is 1.44. The molecule has 1 aromatic heterocycles. The molecule has 2 amide bonds. The molecule has 0 fully saturated rings. The van der Waals surface area contributed by atoms with Crippen LogP contribution in [0.1, 0.15) is 45.5 Å². The monoisotopic (exact) mass is 503 g/mol. The number of rotatable bonds is 8. The maximum absolute atomic E-state index is 11.4. The van der Waals surface area contributed by atoms with Crippen LogP contribution in [0.2, 0.25) is 0 Å². The third kappa shape index (κ3) is 17.7. The minimum Gasteiger partial charge on any atom is -0.447 e. The van der Waals surface area contributed by atoms with E-state index in [0.717, 1.165) is 17.7 Å². The zero-order valence-electron chi connectivity index (χ0n) is 21.0. The third-order valence-electron chi connectivity index (χ3n) is 4.19. The average Bonchev–Trinajstić information content (AvgIpc) is 3.35. The van der Waals surface area contributed by atoms with Gasteiger partial charge in [0.25, 0.3) is 0 Å². The van der Waals surface area contributed by atoms with E-state index in [9.17, 15) is 9.59 Å². The van der Waals surface area contributed by atoms with Gasteiger partial charge in [-0.3, -0.25) is 4.98 Å². The summed E-state index contributed by atoms with van der Waals surface area (Å²) in [6, 6.07) is 20.5. The van der Waals surface area contributed by atoms with E-state index in [1.807, 2.05) is 36.4 Å². The number of ether oxygens (including phenoxy) is 2. The van der Waals surface area contributed by atoms with Crippen molar-refractivity contribution in [3.8, 4) is 0 Å². The van der Waals surface area contributed by atoms with Crippen LogP contribution in [-0.4, -0.2) is 36.4 Å². The summed E-state index contributed by atoms with van der Waals surface area (Å²) in [4.78, 5) is 27.3. The van der Waals surface area contributed by atoms with Crippen molar-refractivity contribution in [2.24, 2.45) is 0 Å². The van der Waals surface area contributed by atoms with Gasteiger partial charge in [0.2, 0.25) is 0 Å². The highest BCUT2D eigenvalue weighted by Gasteiger charge is 2.04. The average molecular weight is 504 g/mol. The number of hydrogen-bond acceptors (Lipinski definition) is 6. The molecule has 0 unspecified atom stereocenters. The summed E-state index contributed by atoms with van der Waals surface area (Å²) in [6.45, 7) is 9.01.